The summed E-state index contributed by atoms with van der Waals surface area (Å²) in [4.78, 5) is 12.8. The van der Waals surface area contributed by atoms with Crippen molar-refractivity contribution in [2.75, 3.05) is 26.2 Å². The van der Waals surface area contributed by atoms with Gasteiger partial charge in [0.1, 0.15) is 12.2 Å². The number of morpholine rings is 1. The first-order valence-corrected chi connectivity index (χ1v) is 7.82. The molecule has 2 aromatic rings. The molecule has 0 saturated carbocycles. The molecule has 2 heterocycles. The molecule has 1 aliphatic heterocycles. The molecule has 1 saturated heterocycles. The Bertz CT molecular complexity index is 595. The van der Waals surface area contributed by atoms with Crippen molar-refractivity contribution in [3.8, 4) is 0 Å². The van der Waals surface area contributed by atoms with Gasteiger partial charge in [-0.1, -0.05) is 18.2 Å². The van der Waals surface area contributed by atoms with E-state index >= 15 is 0 Å². The van der Waals surface area contributed by atoms with Crippen LogP contribution in [-0.2, 0) is 9.53 Å². The molecule has 0 aliphatic carbocycles. The van der Waals surface area contributed by atoms with Crippen LogP contribution in [0.25, 0.3) is 10.1 Å². The number of aliphatic hydroxyl groups excluding tert-OH is 1. The summed E-state index contributed by atoms with van der Waals surface area (Å²) in [6, 6.07) is 9.96. The van der Waals surface area contributed by atoms with E-state index in [9.17, 15) is 9.90 Å². The van der Waals surface area contributed by atoms with Gasteiger partial charge < -0.3 is 20.5 Å². The standard InChI is InChI=1S/C15H18N2O3S.ClH/c18-11(8-17-15(19)12-9-16-5-6-20-12)14-7-10-3-1-2-4-13(10)21-14;/h1-4,7,11-12,16,18H,5-6,8-9H2,(H,17,19);1H. The van der Waals surface area contributed by atoms with Crippen LogP contribution in [0, 0.1) is 0 Å². The van der Waals surface area contributed by atoms with Crippen LogP contribution in [0.2, 0.25) is 0 Å². The summed E-state index contributed by atoms with van der Waals surface area (Å²) < 4.78 is 6.51. The van der Waals surface area contributed by atoms with Crippen LogP contribution in [0.1, 0.15) is 11.0 Å². The molecule has 2 unspecified atom stereocenters. The number of fused-ring (bicyclic) bond motifs is 1. The van der Waals surface area contributed by atoms with Gasteiger partial charge in [0.15, 0.2) is 0 Å². The normalized spacial score (nSPS) is 19.4. The van der Waals surface area contributed by atoms with Crippen LogP contribution in [-0.4, -0.2) is 43.4 Å². The van der Waals surface area contributed by atoms with E-state index < -0.39 is 12.2 Å². The first kappa shape index (κ1) is 17.2. The Balaban J connectivity index is 0.00000176. The van der Waals surface area contributed by atoms with E-state index in [0.29, 0.717) is 13.2 Å². The van der Waals surface area contributed by atoms with Crippen LogP contribution in [0.4, 0.5) is 0 Å². The summed E-state index contributed by atoms with van der Waals surface area (Å²) in [5, 5.41) is 17.2. The molecular formula is C15H19ClN2O3S. The number of rotatable bonds is 4. The summed E-state index contributed by atoms with van der Waals surface area (Å²) >= 11 is 1.55. The number of amides is 1. The second-order valence-corrected chi connectivity index (χ2v) is 6.13. The van der Waals surface area contributed by atoms with E-state index in [1.54, 1.807) is 11.3 Å². The number of aliphatic hydroxyl groups is 1. The maximum atomic E-state index is 11.9. The van der Waals surface area contributed by atoms with Crippen LogP contribution >= 0.6 is 23.7 Å². The van der Waals surface area contributed by atoms with E-state index in [1.165, 1.54) is 0 Å². The molecule has 120 valence electrons. The minimum Gasteiger partial charge on any atom is -0.386 e. The molecule has 1 amide bonds. The zero-order chi connectivity index (χ0) is 14.7. The lowest BCUT2D eigenvalue weighted by Gasteiger charge is -2.23. The summed E-state index contributed by atoms with van der Waals surface area (Å²) in [6.07, 6.45) is -1.16. The average Bonchev–Trinajstić information content (AvgIpc) is 2.97. The van der Waals surface area contributed by atoms with Gasteiger partial charge in [-0.2, -0.15) is 0 Å². The zero-order valence-electron chi connectivity index (χ0n) is 12.0. The summed E-state index contributed by atoms with van der Waals surface area (Å²) in [6.45, 7) is 2.03. The fourth-order valence-electron chi connectivity index (χ4n) is 2.31. The second kappa shape index (κ2) is 7.89. The molecular weight excluding hydrogens is 324 g/mol. The van der Waals surface area contributed by atoms with Crippen molar-refractivity contribution in [3.05, 3.63) is 35.2 Å². The minimum atomic E-state index is -0.692. The molecule has 7 heteroatoms. The minimum absolute atomic E-state index is 0. The number of carbonyl (C=O) groups is 1. The summed E-state index contributed by atoms with van der Waals surface area (Å²) in [7, 11) is 0. The van der Waals surface area contributed by atoms with Gasteiger partial charge in [0.2, 0.25) is 0 Å². The molecule has 2 atom stereocenters. The Morgan fingerprint density at radius 1 is 1.50 bits per heavy atom. The molecule has 1 aromatic heterocycles. The zero-order valence-corrected chi connectivity index (χ0v) is 13.6. The highest BCUT2D eigenvalue weighted by molar-refractivity contribution is 7.19. The number of hydrogen-bond donors (Lipinski definition) is 3. The molecule has 1 aliphatic rings. The number of nitrogens with one attached hydrogen (secondary N) is 2. The van der Waals surface area contributed by atoms with Crippen molar-refractivity contribution in [1.29, 1.82) is 0 Å². The van der Waals surface area contributed by atoms with Crippen LogP contribution in [0.5, 0.6) is 0 Å². The largest absolute Gasteiger partial charge is 0.386 e. The molecule has 5 nitrogen and oxygen atoms in total. The van der Waals surface area contributed by atoms with E-state index in [1.807, 2.05) is 30.3 Å². The lowest BCUT2D eigenvalue weighted by atomic mass is 10.2. The molecule has 22 heavy (non-hydrogen) atoms. The van der Waals surface area contributed by atoms with Crippen LogP contribution < -0.4 is 10.6 Å². The smallest absolute Gasteiger partial charge is 0.250 e. The molecule has 0 radical (unpaired) electrons. The third-order valence-electron chi connectivity index (χ3n) is 3.46. The van der Waals surface area contributed by atoms with Gasteiger partial charge in [-0.15, -0.1) is 23.7 Å². The third kappa shape index (κ3) is 3.97. The fraction of sp³-hybridized carbons (Fsp3) is 0.400. The molecule has 3 rings (SSSR count). The predicted octanol–water partition coefficient (Wildman–Crippen LogP) is 1.46. The molecule has 0 spiro atoms. The number of benzene rings is 1. The Morgan fingerprint density at radius 3 is 3.05 bits per heavy atom. The van der Waals surface area contributed by atoms with Crippen molar-refractivity contribution in [3.63, 3.8) is 0 Å². The third-order valence-corrected chi connectivity index (χ3v) is 4.68. The van der Waals surface area contributed by atoms with Gasteiger partial charge in [0, 0.05) is 29.2 Å². The number of hydrogen-bond acceptors (Lipinski definition) is 5. The second-order valence-electron chi connectivity index (χ2n) is 5.01. The number of ether oxygens (including phenoxy) is 1. The highest BCUT2D eigenvalue weighted by Crippen LogP contribution is 2.29. The van der Waals surface area contributed by atoms with Gasteiger partial charge in [0.05, 0.1) is 6.61 Å². The summed E-state index contributed by atoms with van der Waals surface area (Å²) in [5.41, 5.74) is 0. The van der Waals surface area contributed by atoms with Gasteiger partial charge in [-0.05, 0) is 17.5 Å². The highest BCUT2D eigenvalue weighted by atomic mass is 35.5. The first-order chi connectivity index (χ1) is 10.2. The topological polar surface area (TPSA) is 70.6 Å². The maximum Gasteiger partial charge on any atom is 0.250 e. The predicted molar refractivity (Wildman–Crippen MR) is 89.7 cm³/mol. The lowest BCUT2D eigenvalue weighted by Crippen LogP contribution is -2.48. The Kier molecular flexibility index (Phi) is 6.16. The number of thiophene rings is 1. The van der Waals surface area contributed by atoms with Crippen LogP contribution in [0.15, 0.2) is 30.3 Å². The Morgan fingerprint density at radius 2 is 2.32 bits per heavy atom. The highest BCUT2D eigenvalue weighted by Gasteiger charge is 2.22. The van der Waals surface area contributed by atoms with Gasteiger partial charge in [0.25, 0.3) is 5.91 Å². The first-order valence-electron chi connectivity index (χ1n) is 7.00. The monoisotopic (exact) mass is 342 g/mol. The summed E-state index contributed by atoms with van der Waals surface area (Å²) in [5.74, 6) is -0.178. The van der Waals surface area contributed by atoms with Gasteiger partial charge in [-0.3, -0.25) is 4.79 Å². The van der Waals surface area contributed by atoms with Crippen LogP contribution in [0.3, 0.4) is 0 Å². The Labute approximate surface area is 139 Å². The molecule has 1 aromatic carbocycles. The lowest BCUT2D eigenvalue weighted by molar-refractivity contribution is -0.134. The van der Waals surface area contributed by atoms with E-state index in [-0.39, 0.29) is 24.9 Å². The maximum absolute atomic E-state index is 11.9. The van der Waals surface area contributed by atoms with Crippen molar-refractivity contribution in [2.24, 2.45) is 0 Å². The SMILES string of the molecule is Cl.O=C(NCC(O)c1cc2ccccc2s1)C1CNCCO1. The Hall–Kier alpha value is -1.18. The number of carbonyl (C=O) groups excluding carboxylic acids is 1. The van der Waals surface area contributed by atoms with E-state index in [2.05, 4.69) is 10.6 Å². The number of halogens is 1. The van der Waals surface area contributed by atoms with Crippen molar-refractivity contribution in [2.45, 2.75) is 12.2 Å². The quantitative estimate of drug-likeness (QED) is 0.786. The van der Waals surface area contributed by atoms with E-state index in [0.717, 1.165) is 21.5 Å². The van der Waals surface area contributed by atoms with Crippen molar-refractivity contribution >= 4 is 39.7 Å². The van der Waals surface area contributed by atoms with E-state index in [4.69, 9.17) is 4.74 Å². The van der Waals surface area contributed by atoms with Crippen molar-refractivity contribution < 1.29 is 14.6 Å². The van der Waals surface area contributed by atoms with Gasteiger partial charge in [-0.25, -0.2) is 0 Å². The average molecular weight is 343 g/mol. The molecule has 1 fully saturated rings. The van der Waals surface area contributed by atoms with Crippen molar-refractivity contribution in [1.82, 2.24) is 10.6 Å². The van der Waals surface area contributed by atoms with Gasteiger partial charge >= 0.3 is 0 Å². The molecule has 0 bridgehead atoms. The fourth-order valence-corrected chi connectivity index (χ4v) is 3.36. The molecule has 3 N–H and O–H groups in total.